The van der Waals surface area contributed by atoms with Gasteiger partial charge in [-0.15, -0.1) is 0 Å². The molecular formula is C30H48O. The standard InChI is InChI=1S/C30H48O/c1-19-11-14-27(5)17-18-29(7)21(25(27)20(19)2)9-10-23-28(6)15-13-24(31)26(3,4)22(28)12-16-30(23,29)8/h9,20,22-25,31H,1,10-18H2,2-8H3/t20-,22+,23-,24-,25-,27-,28+,29-,30-/m1/s1. The van der Waals surface area contributed by atoms with Crippen LogP contribution in [-0.2, 0) is 0 Å². The molecule has 0 spiro atoms. The molecule has 0 saturated heterocycles. The molecule has 5 aliphatic carbocycles. The molecule has 0 heterocycles. The van der Waals surface area contributed by atoms with Crippen LogP contribution >= 0.6 is 0 Å². The summed E-state index contributed by atoms with van der Waals surface area (Å²) in [5.41, 5.74) is 4.88. The quantitative estimate of drug-likeness (QED) is 0.391. The summed E-state index contributed by atoms with van der Waals surface area (Å²) >= 11 is 0. The largest absolute Gasteiger partial charge is 0.393 e. The van der Waals surface area contributed by atoms with E-state index >= 15 is 0 Å². The summed E-state index contributed by atoms with van der Waals surface area (Å²) in [5.74, 6) is 2.70. The fourth-order valence-corrected chi connectivity index (χ4v) is 10.6. The Hall–Kier alpha value is -0.560. The van der Waals surface area contributed by atoms with Crippen molar-refractivity contribution in [1.82, 2.24) is 0 Å². The summed E-state index contributed by atoms with van der Waals surface area (Å²) in [7, 11) is 0. The Morgan fingerprint density at radius 3 is 2.32 bits per heavy atom. The molecule has 0 bridgehead atoms. The molecule has 9 atom stereocenters. The molecule has 0 aromatic carbocycles. The topological polar surface area (TPSA) is 20.2 Å². The first-order valence-electron chi connectivity index (χ1n) is 13.4. The van der Waals surface area contributed by atoms with Gasteiger partial charge in [0.25, 0.3) is 0 Å². The van der Waals surface area contributed by atoms with E-state index in [1.807, 2.05) is 5.57 Å². The van der Waals surface area contributed by atoms with Crippen LogP contribution in [0.5, 0.6) is 0 Å². The van der Waals surface area contributed by atoms with Gasteiger partial charge in [-0.1, -0.05) is 72.3 Å². The summed E-state index contributed by atoms with van der Waals surface area (Å²) in [5, 5.41) is 10.9. The van der Waals surface area contributed by atoms with Gasteiger partial charge in [-0.25, -0.2) is 0 Å². The van der Waals surface area contributed by atoms with Gasteiger partial charge in [0.05, 0.1) is 6.10 Å². The second kappa shape index (κ2) is 6.52. The van der Waals surface area contributed by atoms with E-state index in [-0.39, 0.29) is 11.5 Å². The van der Waals surface area contributed by atoms with Gasteiger partial charge in [-0.05, 0) is 109 Å². The van der Waals surface area contributed by atoms with Gasteiger partial charge in [0, 0.05) is 0 Å². The maximum absolute atomic E-state index is 10.9. The summed E-state index contributed by atoms with van der Waals surface area (Å²) in [4.78, 5) is 0. The predicted molar refractivity (Wildman–Crippen MR) is 131 cm³/mol. The van der Waals surface area contributed by atoms with Crippen molar-refractivity contribution in [2.45, 2.75) is 112 Å². The van der Waals surface area contributed by atoms with Gasteiger partial charge in [0.1, 0.15) is 0 Å². The average Bonchev–Trinajstić information content (AvgIpc) is 2.69. The predicted octanol–water partition coefficient (Wildman–Crippen LogP) is 7.94. The number of hydrogen-bond donors (Lipinski definition) is 1. The maximum Gasteiger partial charge on any atom is 0.0594 e. The molecule has 0 aromatic rings. The highest BCUT2D eigenvalue weighted by Gasteiger charge is 2.67. The van der Waals surface area contributed by atoms with Crippen LogP contribution in [0.3, 0.4) is 0 Å². The van der Waals surface area contributed by atoms with Crippen LogP contribution in [0.1, 0.15) is 106 Å². The van der Waals surface area contributed by atoms with E-state index in [1.165, 1.54) is 56.9 Å². The molecule has 4 saturated carbocycles. The number of aliphatic hydroxyl groups excluding tert-OH is 1. The number of aliphatic hydroxyl groups is 1. The number of hydrogen-bond acceptors (Lipinski definition) is 1. The van der Waals surface area contributed by atoms with Gasteiger partial charge < -0.3 is 5.11 Å². The minimum atomic E-state index is -0.135. The highest BCUT2D eigenvalue weighted by molar-refractivity contribution is 5.35. The van der Waals surface area contributed by atoms with Crippen molar-refractivity contribution in [3.63, 3.8) is 0 Å². The van der Waals surface area contributed by atoms with Crippen molar-refractivity contribution in [3.05, 3.63) is 23.8 Å². The molecule has 1 heteroatoms. The van der Waals surface area contributed by atoms with E-state index in [9.17, 15) is 5.11 Å². The van der Waals surface area contributed by atoms with Crippen LogP contribution in [0.15, 0.2) is 23.8 Å². The van der Waals surface area contributed by atoms with E-state index in [0.717, 1.165) is 12.3 Å². The normalized spacial score (nSPS) is 55.9. The van der Waals surface area contributed by atoms with Crippen LogP contribution in [0.2, 0.25) is 0 Å². The molecule has 5 aliphatic rings. The van der Waals surface area contributed by atoms with Gasteiger partial charge in [0.2, 0.25) is 0 Å². The first kappa shape index (κ1) is 22.2. The van der Waals surface area contributed by atoms with Crippen LogP contribution < -0.4 is 0 Å². The summed E-state index contributed by atoms with van der Waals surface area (Å²) in [6, 6.07) is 0. The minimum absolute atomic E-state index is 0.0417. The lowest BCUT2D eigenvalue weighted by atomic mass is 9.33. The lowest BCUT2D eigenvalue weighted by Gasteiger charge is -2.71. The van der Waals surface area contributed by atoms with E-state index in [4.69, 9.17) is 0 Å². The lowest BCUT2D eigenvalue weighted by Crippen LogP contribution is -2.64. The highest BCUT2D eigenvalue weighted by atomic mass is 16.3. The second-order valence-corrected chi connectivity index (χ2v) is 14.2. The molecule has 1 nitrogen and oxygen atoms in total. The molecule has 0 unspecified atom stereocenters. The first-order valence-corrected chi connectivity index (χ1v) is 13.4. The van der Waals surface area contributed by atoms with E-state index in [0.29, 0.717) is 39.4 Å². The SMILES string of the molecule is C=C1CC[C@]2(C)CC[C@]3(C)C(=CC[C@@H]4[C@@]5(C)CC[C@@H](O)C(C)(C)[C@@H]5CC[C@]43C)[C@H]2[C@@H]1C. The fourth-order valence-electron chi connectivity index (χ4n) is 10.6. The average molecular weight is 425 g/mol. The van der Waals surface area contributed by atoms with Crippen molar-refractivity contribution in [2.75, 3.05) is 0 Å². The van der Waals surface area contributed by atoms with Gasteiger partial charge in [-0.3, -0.25) is 0 Å². The van der Waals surface area contributed by atoms with Gasteiger partial charge >= 0.3 is 0 Å². The van der Waals surface area contributed by atoms with Crippen molar-refractivity contribution in [3.8, 4) is 0 Å². The Kier molecular flexibility index (Phi) is 4.68. The maximum atomic E-state index is 10.9. The monoisotopic (exact) mass is 424 g/mol. The van der Waals surface area contributed by atoms with Gasteiger partial charge in [0.15, 0.2) is 0 Å². The zero-order valence-corrected chi connectivity index (χ0v) is 21.5. The van der Waals surface area contributed by atoms with E-state index < -0.39 is 0 Å². The summed E-state index contributed by atoms with van der Waals surface area (Å²) < 4.78 is 0. The zero-order valence-electron chi connectivity index (χ0n) is 21.5. The van der Waals surface area contributed by atoms with E-state index in [2.05, 4.69) is 61.1 Å². The van der Waals surface area contributed by atoms with Gasteiger partial charge in [-0.2, -0.15) is 0 Å². The third-order valence-corrected chi connectivity index (χ3v) is 12.9. The van der Waals surface area contributed by atoms with Crippen LogP contribution in [-0.4, -0.2) is 11.2 Å². The minimum Gasteiger partial charge on any atom is -0.393 e. The molecule has 0 amide bonds. The third kappa shape index (κ3) is 2.59. The number of rotatable bonds is 0. The van der Waals surface area contributed by atoms with Crippen LogP contribution in [0.4, 0.5) is 0 Å². The Morgan fingerprint density at radius 2 is 1.61 bits per heavy atom. The Labute approximate surface area is 192 Å². The molecule has 0 radical (unpaired) electrons. The summed E-state index contributed by atoms with van der Waals surface area (Å²) in [6.07, 6.45) is 14.0. The Bertz CT molecular complexity index is 820. The van der Waals surface area contributed by atoms with Crippen LogP contribution in [0.25, 0.3) is 0 Å². The van der Waals surface area contributed by atoms with Crippen molar-refractivity contribution >= 4 is 0 Å². The Morgan fingerprint density at radius 1 is 0.903 bits per heavy atom. The van der Waals surface area contributed by atoms with Crippen LogP contribution in [0, 0.1) is 50.7 Å². The highest BCUT2D eigenvalue weighted by Crippen LogP contribution is 2.75. The lowest BCUT2D eigenvalue weighted by molar-refractivity contribution is -0.202. The molecule has 4 fully saturated rings. The smallest absolute Gasteiger partial charge is 0.0594 e. The molecule has 31 heavy (non-hydrogen) atoms. The summed E-state index contributed by atoms with van der Waals surface area (Å²) in [6.45, 7) is 22.3. The molecule has 1 N–H and O–H groups in total. The van der Waals surface area contributed by atoms with E-state index in [1.54, 1.807) is 0 Å². The third-order valence-electron chi connectivity index (χ3n) is 12.9. The first-order chi connectivity index (χ1) is 14.3. The molecule has 5 rings (SSSR count). The molecule has 174 valence electrons. The van der Waals surface area contributed by atoms with Crippen molar-refractivity contribution in [2.24, 2.45) is 50.7 Å². The second-order valence-electron chi connectivity index (χ2n) is 14.2. The van der Waals surface area contributed by atoms with Crippen molar-refractivity contribution in [1.29, 1.82) is 0 Å². The molecule has 0 aliphatic heterocycles. The van der Waals surface area contributed by atoms with Crippen molar-refractivity contribution < 1.29 is 5.11 Å². The zero-order chi connectivity index (χ0) is 22.6. The fraction of sp³-hybridized carbons (Fsp3) is 0.867. The molecular weight excluding hydrogens is 376 g/mol. The number of fused-ring (bicyclic) bond motifs is 7. The number of allylic oxidation sites excluding steroid dienone is 3. The Balaban J connectivity index is 1.60. The molecule has 0 aromatic heterocycles.